The average molecular weight is 586 g/mol. The highest BCUT2D eigenvalue weighted by molar-refractivity contribution is 7.16. The summed E-state index contributed by atoms with van der Waals surface area (Å²) in [5, 5.41) is 20.7. The second-order valence-electron chi connectivity index (χ2n) is 11.3. The van der Waals surface area contributed by atoms with Crippen LogP contribution >= 0.6 is 11.3 Å². The summed E-state index contributed by atoms with van der Waals surface area (Å²) in [5.41, 5.74) is 3.92. The van der Waals surface area contributed by atoms with E-state index in [0.717, 1.165) is 73.1 Å². The Morgan fingerprint density at radius 2 is 1.88 bits per heavy atom. The van der Waals surface area contributed by atoms with Gasteiger partial charge in [0.25, 0.3) is 0 Å². The third-order valence-electron chi connectivity index (χ3n) is 8.41. The van der Waals surface area contributed by atoms with Gasteiger partial charge in [0.05, 0.1) is 12.7 Å². The third kappa shape index (κ3) is 6.63. The molecule has 0 radical (unpaired) electrons. The number of anilines is 1. The molecule has 2 aliphatic heterocycles. The molecule has 0 saturated carbocycles. The van der Waals surface area contributed by atoms with Crippen molar-refractivity contribution in [2.45, 2.75) is 57.5 Å². The van der Waals surface area contributed by atoms with E-state index in [4.69, 9.17) is 9.47 Å². The van der Waals surface area contributed by atoms with Gasteiger partial charge in [-0.3, -0.25) is 4.90 Å². The lowest BCUT2D eigenvalue weighted by molar-refractivity contribution is 0.0344. The average Bonchev–Trinajstić information content (AvgIpc) is 3.36. The molecule has 3 N–H and O–H groups in total. The third-order valence-corrected chi connectivity index (χ3v) is 9.56. The van der Waals surface area contributed by atoms with E-state index >= 15 is 0 Å². The number of fused-ring (bicyclic) bond motifs is 2. The van der Waals surface area contributed by atoms with E-state index in [-0.39, 0.29) is 12.3 Å². The second-order valence-corrected chi connectivity index (χ2v) is 12.4. The molecule has 4 aromatic rings. The lowest BCUT2D eigenvalue weighted by atomic mass is 9.95. The number of ether oxygens (including phenoxy) is 2. The van der Waals surface area contributed by atoms with Crippen LogP contribution in [0.2, 0.25) is 0 Å². The van der Waals surface area contributed by atoms with E-state index in [9.17, 15) is 9.90 Å². The minimum Gasteiger partial charge on any atom is -0.497 e. The van der Waals surface area contributed by atoms with Crippen molar-refractivity contribution in [3.63, 3.8) is 0 Å². The number of hydrogen-bond donors (Lipinski definition) is 3. The monoisotopic (exact) mass is 585 g/mol. The van der Waals surface area contributed by atoms with E-state index in [1.807, 2.05) is 12.1 Å². The van der Waals surface area contributed by atoms with Crippen LogP contribution in [-0.4, -0.2) is 55.1 Å². The summed E-state index contributed by atoms with van der Waals surface area (Å²) < 4.78 is 11.2. The Morgan fingerprint density at radius 1 is 1.07 bits per heavy atom. The van der Waals surface area contributed by atoms with Crippen molar-refractivity contribution < 1.29 is 19.4 Å². The quantitative estimate of drug-likeness (QED) is 0.178. The summed E-state index contributed by atoms with van der Waals surface area (Å²) in [4.78, 5) is 16.1. The van der Waals surface area contributed by atoms with Gasteiger partial charge in [-0.15, -0.1) is 11.3 Å². The predicted molar refractivity (Wildman–Crippen MR) is 169 cm³/mol. The molecule has 0 amide bonds. The highest BCUT2D eigenvalue weighted by Gasteiger charge is 2.34. The Kier molecular flexibility index (Phi) is 9.05. The normalized spacial score (nSPS) is 19.0. The summed E-state index contributed by atoms with van der Waals surface area (Å²) in [6, 6.07) is 23.5. The first-order chi connectivity index (χ1) is 20.6. The number of methoxy groups -OCH3 is 1. The summed E-state index contributed by atoms with van der Waals surface area (Å²) in [6.45, 7) is 3.87. The number of carboxylic acid groups (broad SMARTS) is 1. The predicted octanol–water partition coefficient (Wildman–Crippen LogP) is 6.31. The zero-order chi connectivity index (χ0) is 28.9. The molecule has 0 bridgehead atoms. The van der Waals surface area contributed by atoms with Crippen LogP contribution in [0.1, 0.15) is 51.2 Å². The fourth-order valence-corrected chi connectivity index (χ4v) is 7.40. The smallest absolute Gasteiger partial charge is 0.338 e. The van der Waals surface area contributed by atoms with Gasteiger partial charge in [0.2, 0.25) is 0 Å². The molecule has 2 unspecified atom stereocenters. The van der Waals surface area contributed by atoms with Crippen molar-refractivity contribution >= 4 is 33.1 Å². The van der Waals surface area contributed by atoms with Gasteiger partial charge in [0, 0.05) is 37.2 Å². The van der Waals surface area contributed by atoms with Crippen LogP contribution in [-0.2, 0) is 30.7 Å². The second kappa shape index (κ2) is 13.3. The zero-order valence-electron chi connectivity index (χ0n) is 24.1. The van der Waals surface area contributed by atoms with E-state index in [1.54, 1.807) is 18.4 Å². The first kappa shape index (κ1) is 28.7. The van der Waals surface area contributed by atoms with Gasteiger partial charge in [-0.2, -0.15) is 0 Å². The number of rotatable bonds is 11. The molecule has 7 nitrogen and oxygen atoms in total. The highest BCUT2D eigenvalue weighted by atomic mass is 32.1. The number of aromatic carboxylic acids is 1. The molecule has 1 saturated heterocycles. The molecule has 2 aliphatic rings. The molecule has 3 heterocycles. The summed E-state index contributed by atoms with van der Waals surface area (Å²) in [6.07, 6.45) is 4.55. The SMILES string of the molecule is COc1ccc(CN2Cc3sc(NC4CCCCO4)c(C(=O)O)c3CC2CNCCc2ccc3ccccc3c2)cc1. The van der Waals surface area contributed by atoms with Crippen LogP contribution in [0.3, 0.4) is 0 Å². The number of nitrogens with zero attached hydrogens (tertiary/aromatic N) is 1. The van der Waals surface area contributed by atoms with E-state index in [0.29, 0.717) is 18.6 Å². The van der Waals surface area contributed by atoms with Crippen LogP contribution in [0.15, 0.2) is 66.7 Å². The molecule has 6 rings (SSSR count). The Bertz CT molecular complexity index is 1510. The molecule has 8 heteroatoms. The fraction of sp³-hybridized carbons (Fsp3) is 0.382. The Balaban J connectivity index is 1.18. The van der Waals surface area contributed by atoms with Crippen molar-refractivity contribution in [1.82, 2.24) is 10.2 Å². The number of carboxylic acids is 1. The summed E-state index contributed by atoms with van der Waals surface area (Å²) in [5.74, 6) is -0.0194. The standard InChI is InChI=1S/C34H39N3O4S/c1-40-28-13-10-24(11-14-28)21-37-22-30-29(32(34(38)39)33(42-30)36-31-8-4-5-17-41-31)19-27(37)20-35-16-15-23-9-12-25-6-2-3-7-26(25)18-23/h2-3,6-7,9-14,18,27,31,35-36H,4-5,8,15-17,19-22H2,1H3,(H,38,39). The molecule has 3 aromatic carbocycles. The van der Waals surface area contributed by atoms with Crippen LogP contribution in [0.25, 0.3) is 10.8 Å². The molecule has 1 fully saturated rings. The van der Waals surface area contributed by atoms with E-state index in [1.165, 1.54) is 21.9 Å². The van der Waals surface area contributed by atoms with Gasteiger partial charge in [0.1, 0.15) is 17.0 Å². The van der Waals surface area contributed by atoms with Gasteiger partial charge in [-0.05, 0) is 78.2 Å². The van der Waals surface area contributed by atoms with Crippen molar-refractivity contribution in [3.05, 3.63) is 93.9 Å². The molecule has 220 valence electrons. The van der Waals surface area contributed by atoms with Crippen LogP contribution in [0, 0.1) is 0 Å². The number of thiophene rings is 1. The van der Waals surface area contributed by atoms with Gasteiger partial charge in [0.15, 0.2) is 0 Å². The van der Waals surface area contributed by atoms with E-state index < -0.39 is 5.97 Å². The van der Waals surface area contributed by atoms with Crippen molar-refractivity contribution in [2.24, 2.45) is 0 Å². The minimum absolute atomic E-state index is 0.125. The van der Waals surface area contributed by atoms with Crippen LogP contribution in [0.5, 0.6) is 5.75 Å². The Labute approximate surface area is 251 Å². The van der Waals surface area contributed by atoms with Gasteiger partial charge in [-0.1, -0.05) is 54.6 Å². The Morgan fingerprint density at radius 3 is 2.64 bits per heavy atom. The summed E-state index contributed by atoms with van der Waals surface area (Å²) >= 11 is 1.58. The minimum atomic E-state index is -0.863. The number of nitrogens with one attached hydrogen (secondary N) is 2. The van der Waals surface area contributed by atoms with Crippen molar-refractivity contribution in [2.75, 3.05) is 32.1 Å². The first-order valence-corrected chi connectivity index (χ1v) is 15.7. The largest absolute Gasteiger partial charge is 0.497 e. The van der Waals surface area contributed by atoms with Gasteiger partial charge in [-0.25, -0.2) is 4.79 Å². The molecular formula is C34H39N3O4S. The maximum absolute atomic E-state index is 12.5. The van der Waals surface area contributed by atoms with Crippen molar-refractivity contribution in [3.8, 4) is 5.75 Å². The number of carbonyl (C=O) groups is 1. The molecular weight excluding hydrogens is 546 g/mol. The summed E-state index contributed by atoms with van der Waals surface area (Å²) in [7, 11) is 1.68. The number of benzene rings is 3. The topological polar surface area (TPSA) is 83.1 Å². The highest BCUT2D eigenvalue weighted by Crippen LogP contribution is 2.40. The van der Waals surface area contributed by atoms with E-state index in [2.05, 4.69) is 70.1 Å². The molecule has 42 heavy (non-hydrogen) atoms. The molecule has 1 aromatic heterocycles. The number of hydrogen-bond acceptors (Lipinski definition) is 7. The van der Waals surface area contributed by atoms with Gasteiger partial charge >= 0.3 is 5.97 Å². The van der Waals surface area contributed by atoms with Crippen LogP contribution < -0.4 is 15.4 Å². The fourth-order valence-electron chi connectivity index (χ4n) is 6.11. The first-order valence-electron chi connectivity index (χ1n) is 14.9. The van der Waals surface area contributed by atoms with Crippen LogP contribution in [0.4, 0.5) is 5.00 Å². The molecule has 2 atom stereocenters. The zero-order valence-corrected chi connectivity index (χ0v) is 24.9. The maximum Gasteiger partial charge on any atom is 0.338 e. The lowest BCUT2D eigenvalue weighted by Crippen LogP contribution is -2.46. The molecule has 0 spiro atoms. The maximum atomic E-state index is 12.5. The van der Waals surface area contributed by atoms with Gasteiger partial charge < -0.3 is 25.2 Å². The van der Waals surface area contributed by atoms with Crippen molar-refractivity contribution in [1.29, 1.82) is 0 Å². The Hall–Kier alpha value is -3.43. The lowest BCUT2D eigenvalue weighted by Gasteiger charge is -2.36. The molecule has 0 aliphatic carbocycles.